The molecule has 1 atom stereocenters. The summed E-state index contributed by atoms with van der Waals surface area (Å²) in [4.78, 5) is 28.2. The molecule has 1 radical (unpaired) electrons. The van der Waals surface area contributed by atoms with Gasteiger partial charge in [0.2, 0.25) is 0 Å². The minimum Gasteiger partial charge on any atom is -0.312 e. The Morgan fingerprint density at radius 1 is 1.27 bits per heavy atom. The largest absolute Gasteiger partial charge is 0.312 e. The van der Waals surface area contributed by atoms with E-state index in [0.29, 0.717) is 12.8 Å². The van der Waals surface area contributed by atoms with Crippen molar-refractivity contribution in [3.63, 3.8) is 0 Å². The molecular formula is C7H13N2O6. The van der Waals surface area contributed by atoms with Crippen LogP contribution >= 0.6 is 0 Å². The van der Waals surface area contributed by atoms with Crippen LogP contribution in [-0.4, -0.2) is 22.9 Å². The van der Waals surface area contributed by atoms with Gasteiger partial charge in [0.1, 0.15) is 12.7 Å². The lowest BCUT2D eigenvalue weighted by molar-refractivity contribution is -0.790. The third-order valence-corrected chi connectivity index (χ3v) is 1.57. The minimum atomic E-state index is -1.00. The van der Waals surface area contributed by atoms with E-state index in [-0.39, 0.29) is 0 Å². The molecule has 0 unspecified atom stereocenters. The van der Waals surface area contributed by atoms with Crippen LogP contribution in [0.3, 0.4) is 0 Å². The van der Waals surface area contributed by atoms with Gasteiger partial charge in [-0.3, -0.25) is 0 Å². The second kappa shape index (κ2) is 6.80. The van der Waals surface area contributed by atoms with Crippen molar-refractivity contribution < 1.29 is 19.8 Å². The summed E-state index contributed by atoms with van der Waals surface area (Å²) in [6, 6.07) is 0. The molecule has 8 nitrogen and oxygen atoms in total. The van der Waals surface area contributed by atoms with Crippen LogP contribution < -0.4 is 0 Å². The molecule has 0 aromatic rings. The summed E-state index contributed by atoms with van der Waals surface area (Å²) in [7, 11) is 0. The molecule has 0 rings (SSSR count). The van der Waals surface area contributed by atoms with Gasteiger partial charge in [-0.1, -0.05) is 13.8 Å². The zero-order valence-electron chi connectivity index (χ0n) is 8.54. The molecule has 0 aromatic heterocycles. The Kier molecular flexibility index (Phi) is 6.07. The van der Waals surface area contributed by atoms with Gasteiger partial charge < -0.3 is 9.68 Å². The van der Waals surface area contributed by atoms with Gasteiger partial charge in [0.15, 0.2) is 0 Å². The van der Waals surface area contributed by atoms with Gasteiger partial charge in [-0.05, 0) is 18.8 Å². The van der Waals surface area contributed by atoms with E-state index in [2.05, 4.69) is 9.68 Å². The molecule has 0 N–H and O–H groups in total. The first-order chi connectivity index (χ1) is 6.91. The van der Waals surface area contributed by atoms with E-state index in [9.17, 15) is 20.2 Å². The second-order valence-electron chi connectivity index (χ2n) is 3.22. The fraction of sp³-hybridized carbons (Fsp3) is 0.857. The Bertz CT molecular complexity index is 220. The number of rotatable bonds is 8. The number of hydrogen-bond acceptors (Lipinski definition) is 6. The lowest BCUT2D eigenvalue weighted by atomic mass is 10.1. The predicted octanol–water partition coefficient (Wildman–Crippen LogP) is 1.17. The molecule has 0 saturated heterocycles. The smallest absolute Gasteiger partial charge is 0.294 e. The van der Waals surface area contributed by atoms with E-state index < -0.39 is 22.9 Å². The zero-order chi connectivity index (χ0) is 11.8. The molecule has 0 aliphatic carbocycles. The highest BCUT2D eigenvalue weighted by atomic mass is 17.0. The van der Waals surface area contributed by atoms with Crippen LogP contribution in [0.4, 0.5) is 0 Å². The highest BCUT2D eigenvalue weighted by molar-refractivity contribution is 4.77. The van der Waals surface area contributed by atoms with Gasteiger partial charge in [0, 0.05) is 0 Å². The first kappa shape index (κ1) is 13.4. The van der Waals surface area contributed by atoms with Crippen molar-refractivity contribution in [1.82, 2.24) is 0 Å². The van der Waals surface area contributed by atoms with Crippen LogP contribution in [-0.2, 0) is 9.68 Å². The van der Waals surface area contributed by atoms with Crippen LogP contribution in [0.25, 0.3) is 0 Å². The van der Waals surface area contributed by atoms with Gasteiger partial charge in [-0.2, -0.15) is 0 Å². The molecule has 0 aromatic carbocycles. The predicted molar refractivity (Wildman–Crippen MR) is 48.6 cm³/mol. The van der Waals surface area contributed by atoms with Gasteiger partial charge in [-0.15, -0.1) is 20.2 Å². The fourth-order valence-electron chi connectivity index (χ4n) is 0.882. The van der Waals surface area contributed by atoms with E-state index in [0.717, 1.165) is 5.92 Å². The molecular weight excluding hydrogens is 208 g/mol. The average molecular weight is 221 g/mol. The summed E-state index contributed by atoms with van der Waals surface area (Å²) in [6.45, 7) is 3.29. The molecule has 0 heterocycles. The first-order valence-electron chi connectivity index (χ1n) is 4.29. The monoisotopic (exact) mass is 221 g/mol. The van der Waals surface area contributed by atoms with Crippen molar-refractivity contribution in [2.45, 2.75) is 32.8 Å². The Morgan fingerprint density at radius 2 is 1.87 bits per heavy atom. The number of nitrogens with zero attached hydrogens (tertiary/aromatic N) is 2. The van der Waals surface area contributed by atoms with Crippen molar-refractivity contribution in [3.05, 3.63) is 26.1 Å². The zero-order valence-corrected chi connectivity index (χ0v) is 8.54. The fourth-order valence-corrected chi connectivity index (χ4v) is 0.882. The van der Waals surface area contributed by atoms with Crippen molar-refractivity contribution in [2.75, 3.05) is 6.61 Å². The molecule has 15 heavy (non-hydrogen) atoms. The molecule has 0 aliphatic rings. The highest BCUT2D eigenvalue weighted by Crippen LogP contribution is 2.11. The van der Waals surface area contributed by atoms with Gasteiger partial charge in [-0.25, -0.2) is 0 Å². The van der Waals surface area contributed by atoms with Crippen molar-refractivity contribution >= 4 is 0 Å². The quantitative estimate of drug-likeness (QED) is 0.450. The summed E-state index contributed by atoms with van der Waals surface area (Å²) >= 11 is 0. The summed E-state index contributed by atoms with van der Waals surface area (Å²) in [5.74, 6) is 1.06. The maximum atomic E-state index is 10.1. The van der Waals surface area contributed by atoms with E-state index in [1.165, 1.54) is 0 Å². The maximum Gasteiger partial charge on any atom is 0.294 e. The molecule has 0 spiro atoms. The van der Waals surface area contributed by atoms with E-state index in [1.54, 1.807) is 0 Å². The lowest BCUT2D eigenvalue weighted by Crippen LogP contribution is -2.24. The molecule has 0 saturated carbocycles. The van der Waals surface area contributed by atoms with Crippen LogP contribution in [0.15, 0.2) is 0 Å². The van der Waals surface area contributed by atoms with Crippen molar-refractivity contribution in [3.8, 4) is 0 Å². The third kappa shape index (κ3) is 8.72. The van der Waals surface area contributed by atoms with Crippen LogP contribution in [0.1, 0.15) is 26.7 Å². The van der Waals surface area contributed by atoms with Crippen molar-refractivity contribution in [1.29, 1.82) is 0 Å². The van der Waals surface area contributed by atoms with Crippen LogP contribution in [0, 0.1) is 26.1 Å². The Hall–Kier alpha value is -1.60. The van der Waals surface area contributed by atoms with Gasteiger partial charge >= 0.3 is 0 Å². The molecule has 0 fully saturated rings. The molecule has 0 amide bonds. The minimum absolute atomic E-state index is 0.317. The summed E-state index contributed by atoms with van der Waals surface area (Å²) < 4.78 is 0. The Labute approximate surface area is 86.4 Å². The standard InChI is InChI=1S/C7H13N2O6/c1-6(2)3-4-7(15-9(12)13)5-14-8(10)11/h7H,3-5H2,1-2H3/t7-/m0/s1. The van der Waals surface area contributed by atoms with E-state index >= 15 is 0 Å². The normalized spacial score (nSPS) is 12.2. The third-order valence-electron chi connectivity index (χ3n) is 1.57. The average Bonchev–Trinajstić information content (AvgIpc) is 2.08. The Morgan fingerprint density at radius 3 is 2.27 bits per heavy atom. The second-order valence-corrected chi connectivity index (χ2v) is 3.22. The Balaban J connectivity index is 3.94. The highest BCUT2D eigenvalue weighted by Gasteiger charge is 2.16. The first-order valence-corrected chi connectivity index (χ1v) is 4.29. The van der Waals surface area contributed by atoms with Crippen LogP contribution in [0.2, 0.25) is 0 Å². The van der Waals surface area contributed by atoms with E-state index in [1.807, 2.05) is 13.8 Å². The molecule has 0 bridgehead atoms. The SMILES string of the molecule is C[C](C)CC[C@@H](CO[N+](=O)[O-])O[N+](=O)[O-]. The van der Waals surface area contributed by atoms with Crippen LogP contribution in [0.5, 0.6) is 0 Å². The summed E-state index contributed by atoms with van der Waals surface area (Å²) in [5.41, 5.74) is 0. The number of hydrogen-bond donors (Lipinski definition) is 0. The topological polar surface area (TPSA) is 105 Å². The summed E-state index contributed by atoms with van der Waals surface area (Å²) in [5, 5.41) is 18.0. The van der Waals surface area contributed by atoms with E-state index in [4.69, 9.17) is 0 Å². The molecule has 8 heteroatoms. The van der Waals surface area contributed by atoms with Gasteiger partial charge in [0.05, 0.1) is 0 Å². The summed E-state index contributed by atoms with van der Waals surface area (Å²) in [6.07, 6.45) is 0.0109. The molecule has 87 valence electrons. The molecule has 0 aliphatic heterocycles. The maximum absolute atomic E-state index is 10.1. The van der Waals surface area contributed by atoms with Gasteiger partial charge in [0.25, 0.3) is 10.2 Å². The lowest BCUT2D eigenvalue weighted by Gasteiger charge is -2.14. The van der Waals surface area contributed by atoms with Crippen molar-refractivity contribution in [2.24, 2.45) is 0 Å².